The van der Waals surface area contributed by atoms with Crippen LogP contribution in [0.2, 0.25) is 10.0 Å². The van der Waals surface area contributed by atoms with E-state index >= 15 is 0 Å². The number of methoxy groups -OCH3 is 2. The first kappa shape index (κ1) is 37.4. The maximum Gasteiger partial charge on any atom is 0.313 e. The van der Waals surface area contributed by atoms with Gasteiger partial charge in [0.2, 0.25) is 5.91 Å². The highest BCUT2D eigenvalue weighted by Crippen LogP contribution is 2.47. The second kappa shape index (κ2) is 16.2. The van der Waals surface area contributed by atoms with Gasteiger partial charge in [-0.05, 0) is 92.0 Å². The number of carbonyl (C=O) groups is 2. The molecule has 54 heavy (non-hydrogen) atoms. The average Bonchev–Trinajstić information content (AvgIpc) is 3.70. The van der Waals surface area contributed by atoms with E-state index in [1.54, 1.807) is 14.2 Å². The number of rotatable bonds is 9. The summed E-state index contributed by atoms with van der Waals surface area (Å²) in [5.74, 6) is 0.455. The third-order valence-corrected chi connectivity index (χ3v) is 11.4. The molecule has 4 aromatic carbocycles. The fourth-order valence-electron chi connectivity index (χ4n) is 8.50. The number of nitrogens with zero attached hydrogens (tertiary/aromatic N) is 2. The van der Waals surface area contributed by atoms with Crippen LogP contribution >= 0.6 is 23.2 Å². The van der Waals surface area contributed by atoms with E-state index in [0.717, 1.165) is 94.3 Å². The summed E-state index contributed by atoms with van der Waals surface area (Å²) >= 11 is 13.3. The highest BCUT2D eigenvalue weighted by molar-refractivity contribution is 6.36. The molecule has 0 spiro atoms. The number of fused-ring (bicyclic) bond motifs is 6. The maximum atomic E-state index is 12.8. The molecular formula is C44H45Cl2N3O5. The number of nitrogens with two attached hydrogens (primary N) is 1. The van der Waals surface area contributed by atoms with Gasteiger partial charge in [0, 0.05) is 35.2 Å². The summed E-state index contributed by atoms with van der Waals surface area (Å²) in [5, 5.41) is 3.20. The molecule has 2 aliphatic rings. The van der Waals surface area contributed by atoms with Crippen molar-refractivity contribution in [3.8, 4) is 11.5 Å². The number of amides is 1. The van der Waals surface area contributed by atoms with E-state index in [1.165, 1.54) is 11.1 Å². The van der Waals surface area contributed by atoms with Gasteiger partial charge in [-0.2, -0.15) is 0 Å². The summed E-state index contributed by atoms with van der Waals surface area (Å²) in [7, 11) is 3.30. The number of carbonyl (C=O) groups excluding carboxylic acids is 2. The van der Waals surface area contributed by atoms with Crippen molar-refractivity contribution >= 4 is 56.9 Å². The predicted octanol–water partition coefficient (Wildman–Crippen LogP) is 9.59. The van der Waals surface area contributed by atoms with Gasteiger partial charge in [-0.15, -0.1) is 0 Å². The fourth-order valence-corrected chi connectivity index (χ4v) is 9.02. The van der Waals surface area contributed by atoms with Gasteiger partial charge in [-0.25, -0.2) is 0 Å². The number of esters is 1. The Bertz CT molecular complexity index is 2320. The van der Waals surface area contributed by atoms with Crippen molar-refractivity contribution in [2.45, 2.75) is 70.4 Å². The molecule has 1 amide bonds. The molecule has 0 aliphatic heterocycles. The van der Waals surface area contributed by atoms with Gasteiger partial charge in [0.25, 0.3) is 0 Å². The molecule has 0 saturated carbocycles. The largest absolute Gasteiger partial charge is 0.496 e. The molecule has 2 aliphatic carbocycles. The van der Waals surface area contributed by atoms with Crippen molar-refractivity contribution in [3.63, 3.8) is 0 Å². The molecule has 2 unspecified atom stereocenters. The van der Waals surface area contributed by atoms with Gasteiger partial charge in [0.05, 0.1) is 53.7 Å². The van der Waals surface area contributed by atoms with Crippen molar-refractivity contribution in [2.24, 2.45) is 5.73 Å². The molecule has 8 nitrogen and oxygen atoms in total. The van der Waals surface area contributed by atoms with E-state index < -0.39 is 0 Å². The molecule has 2 atom stereocenters. The Morgan fingerprint density at radius 1 is 0.685 bits per heavy atom. The second-order valence-electron chi connectivity index (χ2n) is 13.9. The van der Waals surface area contributed by atoms with Gasteiger partial charge in [-0.3, -0.25) is 9.59 Å². The van der Waals surface area contributed by atoms with E-state index in [9.17, 15) is 9.59 Å². The summed E-state index contributed by atoms with van der Waals surface area (Å²) < 4.78 is 21.2. The molecule has 2 aromatic heterocycles. The molecule has 6 aromatic rings. The molecule has 0 fully saturated rings. The number of primary amides is 1. The van der Waals surface area contributed by atoms with Gasteiger partial charge in [0.1, 0.15) is 11.5 Å². The molecule has 10 heteroatoms. The molecule has 8 rings (SSSR count). The van der Waals surface area contributed by atoms with Crippen molar-refractivity contribution in [1.29, 1.82) is 0 Å². The minimum atomic E-state index is -0.300. The lowest BCUT2D eigenvalue weighted by atomic mass is 9.84. The smallest absolute Gasteiger partial charge is 0.313 e. The summed E-state index contributed by atoms with van der Waals surface area (Å²) in [6.45, 7) is 3.63. The van der Waals surface area contributed by atoms with E-state index in [0.29, 0.717) is 29.7 Å². The first-order valence-electron chi connectivity index (χ1n) is 18.6. The zero-order valence-corrected chi connectivity index (χ0v) is 32.4. The van der Waals surface area contributed by atoms with Crippen LogP contribution in [0.1, 0.15) is 78.1 Å². The van der Waals surface area contributed by atoms with Crippen LogP contribution in [0.4, 0.5) is 0 Å². The zero-order valence-electron chi connectivity index (χ0n) is 30.9. The molecule has 0 radical (unpaired) electrons. The zero-order chi connectivity index (χ0) is 37.9. The number of hydrogen-bond donors (Lipinski definition) is 1. The number of hydrogen-bond acceptors (Lipinski definition) is 5. The second-order valence-corrected chi connectivity index (χ2v) is 14.7. The van der Waals surface area contributed by atoms with Crippen LogP contribution in [-0.4, -0.2) is 41.8 Å². The minimum Gasteiger partial charge on any atom is -0.496 e. The third kappa shape index (κ3) is 6.93. The van der Waals surface area contributed by atoms with Gasteiger partial charge in [-0.1, -0.05) is 83.9 Å². The molecule has 0 bridgehead atoms. The number of halogens is 2. The highest BCUT2D eigenvalue weighted by Gasteiger charge is 2.36. The lowest BCUT2D eigenvalue weighted by molar-refractivity contribution is -0.145. The Labute approximate surface area is 325 Å². The van der Waals surface area contributed by atoms with Crippen LogP contribution in [0.5, 0.6) is 11.5 Å². The number of ether oxygens (including phenoxy) is 3. The summed E-state index contributed by atoms with van der Waals surface area (Å²) in [6.07, 6.45) is 5.24. The molecular weight excluding hydrogens is 721 g/mol. The van der Waals surface area contributed by atoms with Crippen LogP contribution in [0.3, 0.4) is 0 Å². The molecule has 0 saturated heterocycles. The van der Waals surface area contributed by atoms with E-state index in [-0.39, 0.29) is 23.7 Å². The quantitative estimate of drug-likeness (QED) is 0.148. The van der Waals surface area contributed by atoms with E-state index in [2.05, 4.69) is 33.4 Å². The Morgan fingerprint density at radius 2 is 1.13 bits per heavy atom. The standard InChI is InChI=1S/C23H24ClNO3.C21H21ClN2O2/c1-3-28-23(26)16-10-7-11-18-20(16)21-19(27-2)13-12-17(24)22(21)25(18)14-15-8-5-4-6-9-15;1-26-17-11-10-15(22)20-19(17)18-14(21(23)25)8-5-9-16(18)24(20)12-13-6-3-2-4-7-13/h4-6,8-9,12-13,16H,3,7,10-11,14H2,1-2H3;2-4,6-7,10-11,14H,5,8-9,12H2,1H3,(H2,23,25). The van der Waals surface area contributed by atoms with Crippen LogP contribution < -0.4 is 15.2 Å². The van der Waals surface area contributed by atoms with Crippen LogP contribution in [0, 0.1) is 0 Å². The van der Waals surface area contributed by atoms with Crippen molar-refractivity contribution in [2.75, 3.05) is 20.8 Å². The van der Waals surface area contributed by atoms with Gasteiger partial charge >= 0.3 is 5.97 Å². The Kier molecular flexibility index (Phi) is 11.2. The first-order chi connectivity index (χ1) is 26.3. The molecule has 2 heterocycles. The molecule has 2 N–H and O–H groups in total. The first-order valence-corrected chi connectivity index (χ1v) is 19.3. The Hall–Kier alpha value is -4.92. The SMILES string of the molecule is CCOC(=O)C1CCCc2c1c1c(OC)ccc(Cl)c1n2Cc1ccccc1.COc1ccc(Cl)c2c1c1c(n2Cc2ccccc2)CCCC1C(N)=O. The average molecular weight is 767 g/mol. The van der Waals surface area contributed by atoms with E-state index in [4.69, 9.17) is 43.1 Å². The van der Waals surface area contributed by atoms with Crippen LogP contribution in [0.15, 0.2) is 84.9 Å². The fraction of sp³-hybridized carbons (Fsp3) is 0.318. The van der Waals surface area contributed by atoms with Crippen molar-refractivity contribution < 1.29 is 23.8 Å². The number of benzene rings is 4. The minimum absolute atomic E-state index is 0.163. The predicted molar refractivity (Wildman–Crippen MR) is 215 cm³/mol. The monoisotopic (exact) mass is 765 g/mol. The highest BCUT2D eigenvalue weighted by atomic mass is 35.5. The lowest BCUT2D eigenvalue weighted by Gasteiger charge is -2.23. The maximum absolute atomic E-state index is 12.8. The summed E-state index contributed by atoms with van der Waals surface area (Å²) in [5.41, 5.74) is 14.3. The van der Waals surface area contributed by atoms with E-state index in [1.807, 2.05) is 67.6 Å². The lowest BCUT2D eigenvalue weighted by Crippen LogP contribution is -2.25. The Balaban J connectivity index is 0.000000167. The summed E-state index contributed by atoms with van der Waals surface area (Å²) in [4.78, 5) is 24.9. The normalized spacial score (nSPS) is 16.2. The van der Waals surface area contributed by atoms with Crippen LogP contribution in [0.25, 0.3) is 21.8 Å². The molecule has 280 valence electrons. The number of aromatic nitrogens is 2. The topological polar surface area (TPSA) is 97.7 Å². The third-order valence-electron chi connectivity index (χ3n) is 10.8. The summed E-state index contributed by atoms with van der Waals surface area (Å²) in [6, 6.07) is 28.0. The van der Waals surface area contributed by atoms with Gasteiger partial charge < -0.3 is 29.1 Å². The van der Waals surface area contributed by atoms with Crippen molar-refractivity contribution in [1.82, 2.24) is 9.13 Å². The van der Waals surface area contributed by atoms with Crippen LogP contribution in [-0.2, 0) is 40.3 Å². The Morgan fingerprint density at radius 3 is 1.56 bits per heavy atom. The van der Waals surface area contributed by atoms with Gasteiger partial charge in [0.15, 0.2) is 0 Å². The van der Waals surface area contributed by atoms with Crippen molar-refractivity contribution in [3.05, 3.63) is 129 Å².